The van der Waals surface area contributed by atoms with Crippen molar-refractivity contribution in [3.63, 3.8) is 0 Å². The fourth-order valence-corrected chi connectivity index (χ4v) is 7.62. The van der Waals surface area contributed by atoms with Gasteiger partial charge in [-0.3, -0.25) is 0 Å². The lowest BCUT2D eigenvalue weighted by atomic mass is 10.0. The van der Waals surface area contributed by atoms with E-state index < -0.39 is 0 Å². The third-order valence-electron chi connectivity index (χ3n) is 10.3. The third-order valence-corrected chi connectivity index (χ3v) is 10.3. The summed E-state index contributed by atoms with van der Waals surface area (Å²) < 4.78 is 0. The summed E-state index contributed by atoms with van der Waals surface area (Å²) in [6, 6.07) is 46.4. The van der Waals surface area contributed by atoms with Crippen molar-refractivity contribution in [2.45, 2.75) is 13.8 Å². The first-order valence-corrected chi connectivity index (χ1v) is 18.2. The monoisotopic (exact) mass is 694 g/mol. The largest absolute Gasteiger partial charge is 0.354 e. The van der Waals surface area contributed by atoms with Gasteiger partial charge in [0.1, 0.15) is 0 Å². The normalized spacial score (nSPS) is 12.1. The molecule has 6 nitrogen and oxygen atoms in total. The third kappa shape index (κ3) is 5.44. The summed E-state index contributed by atoms with van der Waals surface area (Å²) in [6.07, 6.45) is 8.52. The number of aromatic nitrogens is 6. The lowest BCUT2D eigenvalue weighted by Gasteiger charge is -2.08. The van der Waals surface area contributed by atoms with Crippen LogP contribution < -0.4 is 0 Å². The molecule has 0 saturated carbocycles. The molecule has 54 heavy (non-hydrogen) atoms. The zero-order valence-corrected chi connectivity index (χ0v) is 29.8. The van der Waals surface area contributed by atoms with Crippen LogP contribution in [0.1, 0.15) is 34.2 Å². The topological polar surface area (TPSA) is 83.1 Å². The number of nitrogens with zero attached hydrogens (tertiary/aromatic N) is 4. The molecule has 0 aliphatic carbocycles. The first kappa shape index (κ1) is 31.5. The summed E-state index contributed by atoms with van der Waals surface area (Å²) in [4.78, 5) is 28.2. The maximum atomic E-state index is 5.42. The van der Waals surface area contributed by atoms with E-state index in [1.54, 1.807) is 0 Å². The fraction of sp³-hybridized carbons (Fsp3) is 0.0417. The highest BCUT2D eigenvalue weighted by Crippen LogP contribution is 2.38. The average molecular weight is 695 g/mol. The Morgan fingerprint density at radius 1 is 0.333 bits per heavy atom. The van der Waals surface area contributed by atoms with Crippen LogP contribution in [0.3, 0.4) is 0 Å². The van der Waals surface area contributed by atoms with Crippen molar-refractivity contribution in [2.24, 2.45) is 0 Å². The number of hydrogen-bond acceptors (Lipinski definition) is 4. The van der Waals surface area contributed by atoms with Crippen molar-refractivity contribution in [2.75, 3.05) is 0 Å². The van der Waals surface area contributed by atoms with Gasteiger partial charge in [0.2, 0.25) is 0 Å². The molecular weight excluding hydrogens is 661 g/mol. The van der Waals surface area contributed by atoms with Crippen molar-refractivity contribution in [1.29, 1.82) is 0 Å². The fourth-order valence-electron chi connectivity index (χ4n) is 7.62. The van der Waals surface area contributed by atoms with Gasteiger partial charge in [0.15, 0.2) is 0 Å². The summed E-state index contributed by atoms with van der Waals surface area (Å²) in [5.74, 6) is 0. The van der Waals surface area contributed by atoms with Gasteiger partial charge >= 0.3 is 0 Å². The summed E-state index contributed by atoms with van der Waals surface area (Å²) in [5, 5.41) is 0. The zero-order valence-electron chi connectivity index (χ0n) is 29.8. The second-order valence-corrected chi connectivity index (χ2v) is 13.7. The van der Waals surface area contributed by atoms with Crippen LogP contribution in [0.2, 0.25) is 0 Å². The van der Waals surface area contributed by atoms with E-state index in [1.165, 1.54) is 0 Å². The zero-order chi connectivity index (χ0) is 36.2. The Morgan fingerprint density at radius 2 is 0.685 bits per heavy atom. The molecule has 256 valence electrons. The van der Waals surface area contributed by atoms with E-state index in [2.05, 4.69) is 150 Å². The standard InChI is InChI=1S/C48H34N6/c1-29-30(2)50-44-28-34(18-19-35(44)49-29)48-42-26-24-40(53-42)46(32-14-8-4-9-15-32)38-22-20-36(51-38)45(31-12-6-3-7-13-31)37-21-23-39(52-37)47(33-16-10-5-11-17-33)41-25-27-43(48)54-41/h3-28,51,54H,1-2H3. The molecule has 2 N–H and O–H groups in total. The molecule has 0 amide bonds. The minimum atomic E-state index is 0.847. The van der Waals surface area contributed by atoms with Crippen molar-refractivity contribution < 1.29 is 0 Å². The Hall–Kier alpha value is -7.18. The molecule has 0 saturated heterocycles. The second kappa shape index (κ2) is 12.8. The van der Waals surface area contributed by atoms with Crippen LogP contribution in [0.15, 0.2) is 133 Å². The molecule has 2 aliphatic rings. The molecule has 8 aromatic rings. The van der Waals surface area contributed by atoms with E-state index in [4.69, 9.17) is 19.9 Å². The van der Waals surface area contributed by atoms with Gasteiger partial charge in [-0.2, -0.15) is 0 Å². The van der Waals surface area contributed by atoms with Crippen LogP contribution >= 0.6 is 0 Å². The van der Waals surface area contributed by atoms with Crippen LogP contribution in [0.4, 0.5) is 0 Å². The first-order chi connectivity index (χ1) is 26.6. The van der Waals surface area contributed by atoms with Crippen LogP contribution in [0.25, 0.3) is 102 Å². The van der Waals surface area contributed by atoms with E-state index in [-0.39, 0.29) is 0 Å². The molecule has 0 spiro atoms. The Kier molecular flexibility index (Phi) is 7.47. The van der Waals surface area contributed by atoms with Crippen molar-refractivity contribution in [3.05, 3.63) is 168 Å². The molecule has 0 radical (unpaired) electrons. The van der Waals surface area contributed by atoms with E-state index in [1.807, 2.05) is 32.0 Å². The van der Waals surface area contributed by atoms with Crippen molar-refractivity contribution >= 4 is 57.4 Å². The van der Waals surface area contributed by atoms with Gasteiger partial charge in [0.25, 0.3) is 0 Å². The number of benzene rings is 4. The van der Waals surface area contributed by atoms with Gasteiger partial charge in [-0.05, 0) is 96.8 Å². The van der Waals surface area contributed by atoms with Gasteiger partial charge < -0.3 is 9.97 Å². The van der Waals surface area contributed by atoms with Gasteiger partial charge in [0.05, 0.1) is 45.2 Å². The highest BCUT2D eigenvalue weighted by molar-refractivity contribution is 6.00. The second-order valence-electron chi connectivity index (χ2n) is 13.7. The number of nitrogens with one attached hydrogen (secondary N) is 2. The summed E-state index contributed by atoms with van der Waals surface area (Å²) in [5.41, 5.74) is 19.2. The van der Waals surface area contributed by atoms with Gasteiger partial charge in [-0.15, -0.1) is 0 Å². The molecule has 10 rings (SSSR count). The van der Waals surface area contributed by atoms with Crippen LogP contribution in [-0.2, 0) is 0 Å². The van der Waals surface area contributed by atoms with Crippen molar-refractivity contribution in [3.8, 4) is 44.5 Å². The highest BCUT2D eigenvalue weighted by atomic mass is 14.8. The Morgan fingerprint density at radius 3 is 1.07 bits per heavy atom. The molecule has 4 aromatic carbocycles. The average Bonchev–Trinajstić information content (AvgIpc) is 4.05. The van der Waals surface area contributed by atoms with E-state index in [0.29, 0.717) is 0 Å². The molecule has 0 fully saturated rings. The molecule has 6 heteroatoms. The van der Waals surface area contributed by atoms with Crippen LogP contribution in [0.5, 0.6) is 0 Å². The SMILES string of the molecule is Cc1nc2ccc(-c3c4nc(c(-c5ccccc5)c5ccc([nH]5)c(-c5ccccc5)c5nc(c(-c6ccccc6)c6ccc3[nH]6)C=C5)C=C4)cc2nc1C. The van der Waals surface area contributed by atoms with Crippen molar-refractivity contribution in [1.82, 2.24) is 29.9 Å². The highest BCUT2D eigenvalue weighted by Gasteiger charge is 2.19. The quantitative estimate of drug-likeness (QED) is 0.192. The minimum Gasteiger partial charge on any atom is -0.354 e. The summed E-state index contributed by atoms with van der Waals surface area (Å²) in [6.45, 7) is 4.01. The van der Waals surface area contributed by atoms with Crippen LogP contribution in [-0.4, -0.2) is 29.9 Å². The number of hydrogen-bond donors (Lipinski definition) is 2. The molecule has 0 unspecified atom stereocenters. The summed E-state index contributed by atoms with van der Waals surface area (Å²) >= 11 is 0. The predicted molar refractivity (Wildman–Crippen MR) is 223 cm³/mol. The van der Waals surface area contributed by atoms with Crippen LogP contribution in [0, 0.1) is 13.8 Å². The Labute approximate surface area is 312 Å². The van der Waals surface area contributed by atoms with E-state index >= 15 is 0 Å². The first-order valence-electron chi connectivity index (χ1n) is 18.2. The molecule has 0 atom stereocenters. The maximum absolute atomic E-state index is 5.42. The summed E-state index contributed by atoms with van der Waals surface area (Å²) in [7, 11) is 0. The van der Waals surface area contributed by atoms with E-state index in [0.717, 1.165) is 112 Å². The van der Waals surface area contributed by atoms with E-state index in [9.17, 15) is 0 Å². The Bertz CT molecular complexity index is 2950. The van der Waals surface area contributed by atoms with Gasteiger partial charge in [-0.1, -0.05) is 97.1 Å². The number of aromatic amines is 2. The smallest absolute Gasteiger partial charge is 0.0896 e. The Balaban J connectivity index is 1.38. The number of H-pyrrole nitrogens is 2. The van der Waals surface area contributed by atoms with Gasteiger partial charge in [0, 0.05) is 44.3 Å². The molecule has 2 aliphatic heterocycles. The lowest BCUT2D eigenvalue weighted by molar-refractivity contribution is 1.10. The molecule has 6 heterocycles. The predicted octanol–water partition coefficient (Wildman–Crippen LogP) is 11.9. The number of rotatable bonds is 4. The number of fused-ring (bicyclic) bond motifs is 9. The van der Waals surface area contributed by atoms with Gasteiger partial charge in [-0.25, -0.2) is 19.9 Å². The molecule has 8 bridgehead atoms. The lowest BCUT2D eigenvalue weighted by Crippen LogP contribution is -1.94. The minimum absolute atomic E-state index is 0.847. The molecule has 4 aromatic heterocycles. The molecular formula is C48H34N6. The number of aryl methyl sites for hydroxylation is 2. The maximum Gasteiger partial charge on any atom is 0.0896 e.